The lowest BCUT2D eigenvalue weighted by molar-refractivity contribution is 0.322. The van der Waals surface area contributed by atoms with Crippen LogP contribution in [0.2, 0.25) is 0 Å². The third-order valence-corrected chi connectivity index (χ3v) is 4.07. The zero-order valence-corrected chi connectivity index (χ0v) is 11.8. The number of hydrogen-bond donors (Lipinski definition) is 0. The van der Waals surface area contributed by atoms with Crippen molar-refractivity contribution in [3.63, 3.8) is 0 Å². The second kappa shape index (κ2) is 7.93. The lowest BCUT2D eigenvalue weighted by atomic mass is 10.1. The van der Waals surface area contributed by atoms with E-state index in [0.717, 1.165) is 18.4 Å². The molecule has 0 aliphatic heterocycles. The summed E-state index contributed by atoms with van der Waals surface area (Å²) in [5.74, 6) is 0. The van der Waals surface area contributed by atoms with Gasteiger partial charge in [-0.1, -0.05) is 54.6 Å². The molecule has 1 unspecified atom stereocenters. The molecule has 2 aromatic rings. The Balaban J connectivity index is 1.65. The van der Waals surface area contributed by atoms with Crippen LogP contribution in [0.1, 0.15) is 17.5 Å². The highest BCUT2D eigenvalue weighted by Gasteiger charge is 2.01. The predicted molar refractivity (Wildman–Crippen MR) is 78.7 cm³/mol. The van der Waals surface area contributed by atoms with Crippen molar-refractivity contribution in [1.29, 1.82) is 0 Å². The molecule has 0 heterocycles. The Hall–Kier alpha value is -1.37. The summed E-state index contributed by atoms with van der Waals surface area (Å²) in [6, 6.07) is 20.7. The Morgan fingerprint density at radius 3 is 2.47 bits per heavy atom. The number of benzene rings is 2. The van der Waals surface area contributed by atoms with Crippen LogP contribution >= 0.6 is 8.03 Å². The molecule has 0 amide bonds. The maximum Gasteiger partial charge on any atom is 0.195 e. The molecule has 1 atom stereocenters. The quantitative estimate of drug-likeness (QED) is 0.560. The van der Waals surface area contributed by atoms with Crippen LogP contribution in [0.4, 0.5) is 0 Å². The van der Waals surface area contributed by atoms with Crippen LogP contribution in [0.3, 0.4) is 0 Å². The molecule has 2 nitrogen and oxygen atoms in total. The van der Waals surface area contributed by atoms with Crippen LogP contribution in [0.5, 0.6) is 0 Å². The molecule has 0 aliphatic carbocycles. The number of hydrogen-bond acceptors (Lipinski definition) is 2. The second-order valence-corrected chi connectivity index (χ2v) is 5.78. The van der Waals surface area contributed by atoms with Crippen LogP contribution in [0.25, 0.3) is 0 Å². The van der Waals surface area contributed by atoms with E-state index in [0.29, 0.717) is 12.8 Å². The minimum atomic E-state index is -1.96. The lowest BCUT2D eigenvalue weighted by Gasteiger charge is -2.05. The molecule has 0 aromatic heterocycles. The van der Waals surface area contributed by atoms with E-state index in [4.69, 9.17) is 4.52 Å². The van der Waals surface area contributed by atoms with Crippen molar-refractivity contribution in [3.8, 4) is 0 Å². The van der Waals surface area contributed by atoms with Crippen LogP contribution in [-0.4, -0.2) is 6.61 Å². The average Bonchev–Trinajstić information content (AvgIpc) is 2.46. The standard InChI is InChI=1S/C16H18O2P/c17-19(14-16-10-5-2-6-11-16)18-13-7-12-15-8-3-1-4-9-15/h1,3-6,8-11,19H,7,12-14H2. The van der Waals surface area contributed by atoms with Crippen LogP contribution in [0, 0.1) is 6.07 Å². The van der Waals surface area contributed by atoms with Gasteiger partial charge in [-0.25, -0.2) is 0 Å². The summed E-state index contributed by atoms with van der Waals surface area (Å²) in [7, 11) is -1.96. The zero-order valence-electron chi connectivity index (χ0n) is 10.8. The fourth-order valence-electron chi connectivity index (χ4n) is 1.86. The number of rotatable bonds is 7. The van der Waals surface area contributed by atoms with Crippen LogP contribution in [0.15, 0.2) is 54.6 Å². The smallest absolute Gasteiger partial charge is 0.195 e. The Kier molecular flexibility index (Phi) is 5.87. The van der Waals surface area contributed by atoms with Gasteiger partial charge in [0.1, 0.15) is 0 Å². The van der Waals surface area contributed by atoms with E-state index in [1.807, 2.05) is 42.5 Å². The SMILES string of the molecule is O=[PH](Cc1cc[c]cc1)OCCCc1ccccc1. The summed E-state index contributed by atoms with van der Waals surface area (Å²) in [6.45, 7) is 0.561. The third kappa shape index (κ3) is 5.42. The highest BCUT2D eigenvalue weighted by atomic mass is 31.1. The Labute approximate surface area is 115 Å². The lowest BCUT2D eigenvalue weighted by Crippen LogP contribution is -1.92. The molecule has 0 bridgehead atoms. The van der Waals surface area contributed by atoms with Gasteiger partial charge in [0.05, 0.1) is 6.61 Å². The Morgan fingerprint density at radius 1 is 1.00 bits per heavy atom. The molecule has 1 radical (unpaired) electrons. The Bertz CT molecular complexity index is 497. The first-order chi connectivity index (χ1) is 9.34. The highest BCUT2D eigenvalue weighted by molar-refractivity contribution is 7.38. The van der Waals surface area contributed by atoms with Crippen molar-refractivity contribution >= 4 is 8.03 Å². The summed E-state index contributed by atoms with van der Waals surface area (Å²) < 4.78 is 17.2. The summed E-state index contributed by atoms with van der Waals surface area (Å²) in [5, 5.41) is 0. The molecule has 2 aromatic carbocycles. The van der Waals surface area contributed by atoms with Crippen molar-refractivity contribution in [2.75, 3.05) is 6.61 Å². The first-order valence-corrected chi connectivity index (χ1v) is 8.01. The molecule has 0 saturated heterocycles. The van der Waals surface area contributed by atoms with E-state index < -0.39 is 8.03 Å². The van der Waals surface area contributed by atoms with Gasteiger partial charge in [0, 0.05) is 6.16 Å². The molecule has 0 fully saturated rings. The number of aryl methyl sites for hydroxylation is 1. The van der Waals surface area contributed by atoms with Crippen molar-refractivity contribution in [2.45, 2.75) is 19.0 Å². The van der Waals surface area contributed by atoms with Crippen LogP contribution < -0.4 is 0 Å². The van der Waals surface area contributed by atoms with E-state index in [1.54, 1.807) is 0 Å². The van der Waals surface area contributed by atoms with Gasteiger partial charge in [-0.2, -0.15) is 0 Å². The molecule has 0 spiro atoms. The molecule has 3 heteroatoms. The summed E-state index contributed by atoms with van der Waals surface area (Å²) in [6.07, 6.45) is 2.39. The largest absolute Gasteiger partial charge is 0.330 e. The van der Waals surface area contributed by atoms with Crippen molar-refractivity contribution in [2.24, 2.45) is 0 Å². The normalized spacial score (nSPS) is 12.2. The highest BCUT2D eigenvalue weighted by Crippen LogP contribution is 2.28. The fraction of sp³-hybridized carbons (Fsp3) is 0.250. The van der Waals surface area contributed by atoms with Crippen molar-refractivity contribution < 1.29 is 9.09 Å². The van der Waals surface area contributed by atoms with E-state index in [1.165, 1.54) is 5.56 Å². The topological polar surface area (TPSA) is 26.3 Å². The second-order valence-electron chi connectivity index (χ2n) is 4.39. The molecule has 0 N–H and O–H groups in total. The van der Waals surface area contributed by atoms with E-state index >= 15 is 0 Å². The summed E-state index contributed by atoms with van der Waals surface area (Å²) in [5.41, 5.74) is 2.34. The monoisotopic (exact) mass is 273 g/mol. The first-order valence-electron chi connectivity index (χ1n) is 6.49. The summed E-state index contributed by atoms with van der Waals surface area (Å²) in [4.78, 5) is 0. The molecule has 19 heavy (non-hydrogen) atoms. The molecular weight excluding hydrogens is 255 g/mol. The van der Waals surface area contributed by atoms with E-state index in [-0.39, 0.29) is 0 Å². The van der Waals surface area contributed by atoms with Gasteiger partial charge in [0.15, 0.2) is 8.03 Å². The van der Waals surface area contributed by atoms with Gasteiger partial charge in [-0.15, -0.1) is 0 Å². The van der Waals surface area contributed by atoms with Gasteiger partial charge in [-0.3, -0.25) is 4.57 Å². The third-order valence-electron chi connectivity index (χ3n) is 2.85. The fourth-order valence-corrected chi connectivity index (χ4v) is 2.91. The molecule has 0 aliphatic rings. The van der Waals surface area contributed by atoms with Gasteiger partial charge in [0.2, 0.25) is 0 Å². The zero-order chi connectivity index (χ0) is 13.3. The molecular formula is C16H18O2P. The minimum absolute atomic E-state index is 0.519. The van der Waals surface area contributed by atoms with Gasteiger partial charge < -0.3 is 4.52 Å². The van der Waals surface area contributed by atoms with Crippen molar-refractivity contribution in [1.82, 2.24) is 0 Å². The van der Waals surface area contributed by atoms with Gasteiger partial charge >= 0.3 is 0 Å². The Morgan fingerprint density at radius 2 is 1.74 bits per heavy atom. The van der Waals surface area contributed by atoms with E-state index in [2.05, 4.69) is 18.2 Å². The molecule has 2 rings (SSSR count). The molecule has 99 valence electrons. The van der Waals surface area contributed by atoms with Crippen molar-refractivity contribution in [3.05, 3.63) is 71.8 Å². The minimum Gasteiger partial charge on any atom is -0.330 e. The van der Waals surface area contributed by atoms with Gasteiger partial charge in [-0.05, 0) is 30.0 Å². The van der Waals surface area contributed by atoms with Gasteiger partial charge in [0.25, 0.3) is 0 Å². The first kappa shape index (κ1) is 14.0. The van der Waals surface area contributed by atoms with Crippen LogP contribution in [-0.2, 0) is 21.7 Å². The average molecular weight is 273 g/mol. The molecule has 0 saturated carbocycles. The predicted octanol–water partition coefficient (Wildman–Crippen LogP) is 4.11. The maximum atomic E-state index is 11.8. The summed E-state index contributed by atoms with van der Waals surface area (Å²) >= 11 is 0. The van der Waals surface area contributed by atoms with E-state index in [9.17, 15) is 4.57 Å². The maximum absolute atomic E-state index is 11.8.